The average molecular weight is 261 g/mol. The molecule has 1 aliphatic rings. The van der Waals surface area contributed by atoms with Crippen molar-refractivity contribution in [2.75, 3.05) is 7.11 Å². The molecule has 0 spiro atoms. The van der Waals surface area contributed by atoms with Gasteiger partial charge in [-0.1, -0.05) is 19.1 Å². The molecule has 3 heteroatoms. The summed E-state index contributed by atoms with van der Waals surface area (Å²) in [6, 6.07) is 8.06. The van der Waals surface area contributed by atoms with Gasteiger partial charge in [0.1, 0.15) is 5.75 Å². The van der Waals surface area contributed by atoms with E-state index in [0.29, 0.717) is 12.5 Å². The van der Waals surface area contributed by atoms with Gasteiger partial charge in [-0.05, 0) is 49.3 Å². The van der Waals surface area contributed by atoms with Crippen LogP contribution in [0.5, 0.6) is 5.75 Å². The number of carbonyl (C=O) groups is 1. The van der Waals surface area contributed by atoms with Crippen LogP contribution in [0.3, 0.4) is 0 Å². The second-order valence-corrected chi connectivity index (χ2v) is 5.55. The van der Waals surface area contributed by atoms with Gasteiger partial charge in [0.2, 0.25) is 5.91 Å². The molecule has 19 heavy (non-hydrogen) atoms. The molecule has 104 valence electrons. The first-order chi connectivity index (χ1) is 9.17. The Bertz CT molecular complexity index is 405. The third-order valence-corrected chi connectivity index (χ3v) is 3.90. The van der Waals surface area contributed by atoms with E-state index in [0.717, 1.165) is 30.1 Å². The van der Waals surface area contributed by atoms with E-state index in [1.807, 2.05) is 24.3 Å². The molecule has 1 N–H and O–H groups in total. The molecule has 1 aromatic rings. The summed E-state index contributed by atoms with van der Waals surface area (Å²) in [5, 5.41) is 3.15. The molecular weight excluding hydrogens is 238 g/mol. The van der Waals surface area contributed by atoms with Gasteiger partial charge in [0.25, 0.3) is 0 Å². The Morgan fingerprint density at radius 3 is 2.42 bits per heavy atom. The van der Waals surface area contributed by atoms with Crippen LogP contribution in [0.15, 0.2) is 24.3 Å². The van der Waals surface area contributed by atoms with E-state index >= 15 is 0 Å². The summed E-state index contributed by atoms with van der Waals surface area (Å²) in [4.78, 5) is 12.0. The zero-order valence-electron chi connectivity index (χ0n) is 11.8. The summed E-state index contributed by atoms with van der Waals surface area (Å²) >= 11 is 0. The molecule has 1 amide bonds. The van der Waals surface area contributed by atoms with Gasteiger partial charge in [0.15, 0.2) is 0 Å². The Labute approximate surface area is 115 Å². The predicted molar refractivity (Wildman–Crippen MR) is 76.3 cm³/mol. The van der Waals surface area contributed by atoms with Crippen LogP contribution >= 0.6 is 0 Å². The smallest absolute Gasteiger partial charge is 0.224 e. The minimum absolute atomic E-state index is 0.129. The van der Waals surface area contributed by atoms with E-state index in [1.165, 1.54) is 12.8 Å². The first-order valence-electron chi connectivity index (χ1n) is 7.09. The summed E-state index contributed by atoms with van der Waals surface area (Å²) in [6.07, 6.45) is 5.15. The lowest BCUT2D eigenvalue weighted by atomic mass is 9.87. The van der Waals surface area contributed by atoms with Gasteiger partial charge in [0.05, 0.1) is 13.5 Å². The molecule has 1 aromatic carbocycles. The summed E-state index contributed by atoms with van der Waals surface area (Å²) in [5.41, 5.74) is 1.03. The molecule has 0 aliphatic heterocycles. The number of amides is 1. The average Bonchev–Trinajstić information content (AvgIpc) is 2.42. The highest BCUT2D eigenvalue weighted by molar-refractivity contribution is 5.78. The number of methoxy groups -OCH3 is 1. The van der Waals surface area contributed by atoms with Crippen LogP contribution in [0.2, 0.25) is 0 Å². The number of hydrogen-bond acceptors (Lipinski definition) is 2. The summed E-state index contributed by atoms with van der Waals surface area (Å²) in [6.45, 7) is 2.29. The SMILES string of the molecule is COc1ccc(CC(=O)NC2CCC(C)CC2)cc1. The number of hydrogen-bond donors (Lipinski definition) is 1. The minimum atomic E-state index is 0.129. The van der Waals surface area contributed by atoms with Crippen molar-refractivity contribution in [3.8, 4) is 5.75 Å². The lowest BCUT2D eigenvalue weighted by molar-refractivity contribution is -0.121. The van der Waals surface area contributed by atoms with Gasteiger partial charge in [-0.3, -0.25) is 4.79 Å². The molecule has 0 heterocycles. The van der Waals surface area contributed by atoms with Crippen LogP contribution in [0.4, 0.5) is 0 Å². The molecule has 2 rings (SSSR count). The van der Waals surface area contributed by atoms with Crippen LogP contribution < -0.4 is 10.1 Å². The van der Waals surface area contributed by atoms with Crippen molar-refractivity contribution >= 4 is 5.91 Å². The van der Waals surface area contributed by atoms with Gasteiger partial charge >= 0.3 is 0 Å². The molecule has 0 atom stereocenters. The Morgan fingerprint density at radius 2 is 1.84 bits per heavy atom. The molecule has 0 bridgehead atoms. The predicted octanol–water partition coefficient (Wildman–Crippen LogP) is 2.93. The monoisotopic (exact) mass is 261 g/mol. The first kappa shape index (κ1) is 13.9. The van der Waals surface area contributed by atoms with Crippen LogP contribution in [-0.4, -0.2) is 19.1 Å². The van der Waals surface area contributed by atoms with Crippen LogP contribution in [0, 0.1) is 5.92 Å². The molecular formula is C16H23NO2. The van der Waals surface area contributed by atoms with Crippen molar-refractivity contribution < 1.29 is 9.53 Å². The standard InChI is InChI=1S/C16H23NO2/c1-12-3-7-14(8-4-12)17-16(18)11-13-5-9-15(19-2)10-6-13/h5-6,9-10,12,14H,3-4,7-8,11H2,1-2H3,(H,17,18). The largest absolute Gasteiger partial charge is 0.497 e. The molecule has 1 saturated carbocycles. The lowest BCUT2D eigenvalue weighted by Gasteiger charge is -2.26. The summed E-state index contributed by atoms with van der Waals surface area (Å²) in [5.74, 6) is 1.77. The third-order valence-electron chi connectivity index (χ3n) is 3.90. The molecule has 1 aliphatic carbocycles. The maximum Gasteiger partial charge on any atom is 0.224 e. The van der Waals surface area contributed by atoms with Gasteiger partial charge in [-0.2, -0.15) is 0 Å². The fourth-order valence-electron chi connectivity index (χ4n) is 2.61. The molecule has 3 nitrogen and oxygen atoms in total. The Morgan fingerprint density at radius 1 is 1.21 bits per heavy atom. The van der Waals surface area contributed by atoms with Gasteiger partial charge in [-0.15, -0.1) is 0 Å². The normalized spacial score (nSPS) is 22.8. The van der Waals surface area contributed by atoms with Gasteiger partial charge in [-0.25, -0.2) is 0 Å². The van der Waals surface area contributed by atoms with E-state index in [9.17, 15) is 4.79 Å². The van der Waals surface area contributed by atoms with Crippen molar-refractivity contribution in [1.82, 2.24) is 5.32 Å². The molecule has 1 fully saturated rings. The van der Waals surface area contributed by atoms with Crippen molar-refractivity contribution in [2.45, 2.75) is 45.1 Å². The van der Waals surface area contributed by atoms with Crippen molar-refractivity contribution in [3.63, 3.8) is 0 Å². The van der Waals surface area contributed by atoms with Crippen molar-refractivity contribution in [3.05, 3.63) is 29.8 Å². The van der Waals surface area contributed by atoms with Gasteiger partial charge < -0.3 is 10.1 Å². The quantitative estimate of drug-likeness (QED) is 0.905. The Balaban J connectivity index is 1.80. The number of nitrogens with one attached hydrogen (secondary N) is 1. The van der Waals surface area contributed by atoms with Crippen molar-refractivity contribution in [2.24, 2.45) is 5.92 Å². The highest BCUT2D eigenvalue weighted by Gasteiger charge is 2.19. The lowest BCUT2D eigenvalue weighted by Crippen LogP contribution is -2.38. The second kappa shape index (κ2) is 6.60. The van der Waals surface area contributed by atoms with Crippen molar-refractivity contribution in [1.29, 1.82) is 0 Å². The molecule has 0 unspecified atom stereocenters. The Hall–Kier alpha value is -1.51. The number of ether oxygens (including phenoxy) is 1. The van der Waals surface area contributed by atoms with E-state index < -0.39 is 0 Å². The van der Waals surface area contributed by atoms with Gasteiger partial charge in [0, 0.05) is 6.04 Å². The van der Waals surface area contributed by atoms with Crippen LogP contribution in [-0.2, 0) is 11.2 Å². The first-order valence-corrected chi connectivity index (χ1v) is 7.09. The number of carbonyl (C=O) groups excluding carboxylic acids is 1. The van der Waals surface area contributed by atoms with E-state index in [1.54, 1.807) is 7.11 Å². The number of benzene rings is 1. The highest BCUT2D eigenvalue weighted by atomic mass is 16.5. The topological polar surface area (TPSA) is 38.3 Å². The third kappa shape index (κ3) is 4.27. The Kier molecular flexibility index (Phi) is 4.83. The highest BCUT2D eigenvalue weighted by Crippen LogP contribution is 2.23. The fourth-order valence-corrected chi connectivity index (χ4v) is 2.61. The van der Waals surface area contributed by atoms with E-state index in [2.05, 4.69) is 12.2 Å². The summed E-state index contributed by atoms with van der Waals surface area (Å²) < 4.78 is 5.11. The fraction of sp³-hybridized carbons (Fsp3) is 0.562. The molecule has 0 saturated heterocycles. The maximum atomic E-state index is 12.0. The van der Waals surface area contributed by atoms with E-state index in [4.69, 9.17) is 4.74 Å². The molecule has 0 aromatic heterocycles. The van der Waals surface area contributed by atoms with Crippen LogP contribution in [0.1, 0.15) is 38.2 Å². The second-order valence-electron chi connectivity index (χ2n) is 5.55. The maximum absolute atomic E-state index is 12.0. The number of rotatable bonds is 4. The minimum Gasteiger partial charge on any atom is -0.497 e. The molecule has 0 radical (unpaired) electrons. The zero-order chi connectivity index (χ0) is 13.7. The van der Waals surface area contributed by atoms with Crippen LogP contribution in [0.25, 0.3) is 0 Å². The zero-order valence-corrected chi connectivity index (χ0v) is 11.8. The van der Waals surface area contributed by atoms with E-state index in [-0.39, 0.29) is 5.91 Å². The summed E-state index contributed by atoms with van der Waals surface area (Å²) in [7, 11) is 1.64.